The van der Waals surface area contributed by atoms with E-state index in [1.54, 1.807) is 6.20 Å². The summed E-state index contributed by atoms with van der Waals surface area (Å²) >= 11 is 7.60. The number of imidazole rings is 1. The Hall–Kier alpha value is -1.43. The third-order valence-corrected chi connectivity index (χ3v) is 4.66. The summed E-state index contributed by atoms with van der Waals surface area (Å²) in [7, 11) is 0. The highest BCUT2D eigenvalue weighted by Gasteiger charge is 2.26. The standard InChI is InChI=1S/C14H12ClN3OS/c15-11-5-6-12(20-11)18-13-9(3-1-7-16-13)17-14(18)10-4-2-8-19-10/h1,3,5-7,10H,2,4,8H2. The zero-order chi connectivity index (χ0) is 13.5. The van der Waals surface area contributed by atoms with Crippen LogP contribution in [-0.2, 0) is 4.74 Å². The highest BCUT2D eigenvalue weighted by molar-refractivity contribution is 7.18. The monoisotopic (exact) mass is 305 g/mol. The number of hydrogen-bond acceptors (Lipinski definition) is 4. The molecule has 0 amide bonds. The molecule has 6 heteroatoms. The first kappa shape index (κ1) is 12.3. The van der Waals surface area contributed by atoms with Crippen molar-refractivity contribution in [2.24, 2.45) is 0 Å². The lowest BCUT2D eigenvalue weighted by Crippen LogP contribution is -2.06. The van der Waals surface area contributed by atoms with E-state index in [1.165, 1.54) is 11.3 Å². The summed E-state index contributed by atoms with van der Waals surface area (Å²) in [4.78, 5) is 9.19. The van der Waals surface area contributed by atoms with Crippen molar-refractivity contribution in [2.45, 2.75) is 18.9 Å². The van der Waals surface area contributed by atoms with Gasteiger partial charge in [0.05, 0.1) is 4.34 Å². The molecule has 0 aromatic carbocycles. The van der Waals surface area contributed by atoms with Gasteiger partial charge in [-0.3, -0.25) is 4.57 Å². The number of hydrogen-bond donors (Lipinski definition) is 0. The highest BCUT2D eigenvalue weighted by atomic mass is 35.5. The van der Waals surface area contributed by atoms with E-state index in [9.17, 15) is 0 Å². The van der Waals surface area contributed by atoms with Crippen molar-refractivity contribution in [3.63, 3.8) is 0 Å². The van der Waals surface area contributed by atoms with Crippen LogP contribution in [0.2, 0.25) is 4.34 Å². The minimum atomic E-state index is 0.0464. The van der Waals surface area contributed by atoms with Crippen LogP contribution in [-0.4, -0.2) is 21.1 Å². The average molecular weight is 306 g/mol. The summed E-state index contributed by atoms with van der Waals surface area (Å²) in [5.41, 5.74) is 1.75. The van der Waals surface area contributed by atoms with Crippen LogP contribution < -0.4 is 0 Å². The highest BCUT2D eigenvalue weighted by Crippen LogP contribution is 2.35. The Morgan fingerprint density at radius 1 is 1.35 bits per heavy atom. The number of halogens is 1. The summed E-state index contributed by atoms with van der Waals surface area (Å²) in [5, 5.41) is 1.03. The Morgan fingerprint density at radius 3 is 3.05 bits per heavy atom. The largest absolute Gasteiger partial charge is 0.370 e. The SMILES string of the molecule is Clc1ccc(-n2c(C3CCCO3)nc3cccnc32)s1. The second-order valence-electron chi connectivity index (χ2n) is 4.73. The zero-order valence-electron chi connectivity index (χ0n) is 10.6. The van der Waals surface area contributed by atoms with Gasteiger partial charge in [-0.25, -0.2) is 9.97 Å². The van der Waals surface area contributed by atoms with Crippen LogP contribution >= 0.6 is 22.9 Å². The Balaban J connectivity index is 1.97. The number of nitrogens with zero attached hydrogens (tertiary/aromatic N) is 3. The fourth-order valence-corrected chi connectivity index (χ4v) is 3.61. The number of thiophene rings is 1. The summed E-state index contributed by atoms with van der Waals surface area (Å²) < 4.78 is 8.63. The van der Waals surface area contributed by atoms with Crippen LogP contribution in [0.4, 0.5) is 0 Å². The van der Waals surface area contributed by atoms with Gasteiger partial charge in [0.15, 0.2) is 5.65 Å². The van der Waals surface area contributed by atoms with Gasteiger partial charge in [-0.15, -0.1) is 11.3 Å². The van der Waals surface area contributed by atoms with Crippen LogP contribution in [0.3, 0.4) is 0 Å². The number of rotatable bonds is 2. The van der Waals surface area contributed by atoms with Gasteiger partial charge < -0.3 is 4.74 Å². The van der Waals surface area contributed by atoms with Crippen molar-refractivity contribution < 1.29 is 4.74 Å². The van der Waals surface area contributed by atoms with Crippen molar-refractivity contribution in [1.82, 2.24) is 14.5 Å². The lowest BCUT2D eigenvalue weighted by Gasteiger charge is -2.11. The fourth-order valence-electron chi connectivity index (χ4n) is 2.57. The molecule has 20 heavy (non-hydrogen) atoms. The summed E-state index contributed by atoms with van der Waals surface area (Å²) in [6.07, 6.45) is 3.91. The lowest BCUT2D eigenvalue weighted by atomic mass is 10.2. The van der Waals surface area contributed by atoms with Crippen LogP contribution in [0.5, 0.6) is 0 Å². The third kappa shape index (κ3) is 1.93. The quantitative estimate of drug-likeness (QED) is 0.719. The summed E-state index contributed by atoms with van der Waals surface area (Å²) in [5.74, 6) is 0.926. The smallest absolute Gasteiger partial charge is 0.165 e. The molecule has 3 aromatic rings. The second kappa shape index (κ2) is 4.84. The minimum Gasteiger partial charge on any atom is -0.370 e. The first-order valence-corrected chi connectivity index (χ1v) is 7.73. The van der Waals surface area contributed by atoms with Crippen LogP contribution in [0.15, 0.2) is 30.5 Å². The Bertz CT molecular complexity index is 761. The van der Waals surface area contributed by atoms with Gasteiger partial charge in [0, 0.05) is 12.8 Å². The number of pyridine rings is 1. The van der Waals surface area contributed by atoms with Crippen molar-refractivity contribution in [3.05, 3.63) is 40.6 Å². The van der Waals surface area contributed by atoms with E-state index in [0.29, 0.717) is 0 Å². The van der Waals surface area contributed by atoms with E-state index in [2.05, 4.69) is 9.55 Å². The molecule has 1 fully saturated rings. The van der Waals surface area contributed by atoms with E-state index in [1.807, 2.05) is 24.3 Å². The molecule has 0 spiro atoms. The molecule has 4 rings (SSSR count). The molecule has 4 nitrogen and oxygen atoms in total. The molecule has 0 radical (unpaired) electrons. The molecule has 3 aromatic heterocycles. The molecule has 1 unspecified atom stereocenters. The average Bonchev–Trinajstić information content (AvgIpc) is 3.16. The van der Waals surface area contributed by atoms with E-state index >= 15 is 0 Å². The molecule has 0 N–H and O–H groups in total. The molecule has 102 valence electrons. The van der Waals surface area contributed by atoms with Crippen molar-refractivity contribution in [2.75, 3.05) is 6.61 Å². The topological polar surface area (TPSA) is 39.9 Å². The zero-order valence-corrected chi connectivity index (χ0v) is 12.2. The first-order chi connectivity index (χ1) is 9.83. The van der Waals surface area contributed by atoms with E-state index in [0.717, 1.165) is 45.8 Å². The molecule has 1 atom stereocenters. The normalized spacial score (nSPS) is 18.9. The third-order valence-electron chi connectivity index (χ3n) is 3.44. The van der Waals surface area contributed by atoms with E-state index in [-0.39, 0.29) is 6.10 Å². The maximum absolute atomic E-state index is 6.07. The minimum absolute atomic E-state index is 0.0464. The number of fused-ring (bicyclic) bond motifs is 1. The van der Waals surface area contributed by atoms with Gasteiger partial charge >= 0.3 is 0 Å². The molecule has 4 heterocycles. The van der Waals surface area contributed by atoms with Crippen molar-refractivity contribution in [3.8, 4) is 5.00 Å². The molecule has 0 aliphatic carbocycles. The van der Waals surface area contributed by atoms with Crippen molar-refractivity contribution >= 4 is 34.1 Å². The molecule has 1 saturated heterocycles. The van der Waals surface area contributed by atoms with E-state index in [4.69, 9.17) is 21.3 Å². The Kier molecular flexibility index (Phi) is 2.98. The second-order valence-corrected chi connectivity index (χ2v) is 6.42. The molecular weight excluding hydrogens is 294 g/mol. The van der Waals surface area contributed by atoms with Crippen LogP contribution in [0.25, 0.3) is 16.2 Å². The summed E-state index contributed by atoms with van der Waals surface area (Å²) in [6, 6.07) is 7.78. The van der Waals surface area contributed by atoms with Crippen molar-refractivity contribution in [1.29, 1.82) is 0 Å². The maximum Gasteiger partial charge on any atom is 0.165 e. The fraction of sp³-hybridized carbons (Fsp3) is 0.286. The van der Waals surface area contributed by atoms with E-state index < -0.39 is 0 Å². The first-order valence-electron chi connectivity index (χ1n) is 6.53. The van der Waals surface area contributed by atoms with Gasteiger partial charge in [-0.05, 0) is 37.1 Å². The Labute approximate surface area is 125 Å². The number of ether oxygens (including phenoxy) is 1. The molecule has 0 saturated carbocycles. The van der Waals surface area contributed by atoms with Crippen LogP contribution in [0.1, 0.15) is 24.8 Å². The predicted molar refractivity (Wildman–Crippen MR) is 79.7 cm³/mol. The molecule has 1 aliphatic heterocycles. The van der Waals surface area contributed by atoms with Gasteiger partial charge in [-0.2, -0.15) is 0 Å². The predicted octanol–water partition coefficient (Wildman–Crippen LogP) is 3.99. The van der Waals surface area contributed by atoms with Gasteiger partial charge in [0.1, 0.15) is 22.4 Å². The van der Waals surface area contributed by atoms with Crippen LogP contribution in [0, 0.1) is 0 Å². The molecular formula is C14H12ClN3OS. The van der Waals surface area contributed by atoms with Gasteiger partial charge in [0.25, 0.3) is 0 Å². The Morgan fingerprint density at radius 2 is 2.30 bits per heavy atom. The maximum atomic E-state index is 6.07. The molecule has 1 aliphatic rings. The van der Waals surface area contributed by atoms with Gasteiger partial charge in [0.2, 0.25) is 0 Å². The summed E-state index contributed by atoms with van der Waals surface area (Å²) in [6.45, 7) is 0.798. The molecule has 0 bridgehead atoms. The van der Waals surface area contributed by atoms with Gasteiger partial charge in [-0.1, -0.05) is 11.6 Å². The number of aromatic nitrogens is 3. The lowest BCUT2D eigenvalue weighted by molar-refractivity contribution is 0.104.